The van der Waals surface area contributed by atoms with Crippen LogP contribution in [0.1, 0.15) is 83.1 Å². The minimum atomic E-state index is -0.140. The zero-order chi connectivity index (χ0) is 18.7. The van der Waals surface area contributed by atoms with Gasteiger partial charge in [-0.3, -0.25) is 4.99 Å². The SMILES string of the molecule is CC(C)(C)N=C(C=C(NC(C)(C)C)NC(C)(C)C)NC(C)(C)C. The Labute approximate surface area is 144 Å². The highest BCUT2D eigenvalue weighted by atomic mass is 15.2. The van der Waals surface area contributed by atoms with Gasteiger partial charge in [-0.25, -0.2) is 0 Å². The molecule has 23 heavy (non-hydrogen) atoms. The highest BCUT2D eigenvalue weighted by Gasteiger charge is 2.19. The van der Waals surface area contributed by atoms with Crippen LogP contribution in [0.4, 0.5) is 0 Å². The lowest BCUT2D eigenvalue weighted by molar-refractivity contribution is 0.398. The van der Waals surface area contributed by atoms with E-state index in [1.54, 1.807) is 0 Å². The largest absolute Gasteiger partial charge is 0.367 e. The average molecular weight is 325 g/mol. The van der Waals surface area contributed by atoms with Crippen LogP contribution in [0.15, 0.2) is 16.9 Å². The summed E-state index contributed by atoms with van der Waals surface area (Å²) in [5.41, 5.74) is -0.245. The third-order valence-electron chi connectivity index (χ3n) is 2.26. The van der Waals surface area contributed by atoms with Crippen molar-refractivity contribution in [2.75, 3.05) is 0 Å². The maximum absolute atomic E-state index is 4.84. The number of hydrogen-bond acceptors (Lipinski definition) is 3. The van der Waals surface area contributed by atoms with Crippen LogP contribution in [0.25, 0.3) is 0 Å². The van der Waals surface area contributed by atoms with E-state index in [1.165, 1.54) is 0 Å². The Kier molecular flexibility index (Phi) is 6.77. The van der Waals surface area contributed by atoms with E-state index in [9.17, 15) is 0 Å². The third kappa shape index (κ3) is 14.2. The van der Waals surface area contributed by atoms with Gasteiger partial charge in [-0.2, -0.15) is 0 Å². The Morgan fingerprint density at radius 2 is 0.957 bits per heavy atom. The lowest BCUT2D eigenvalue weighted by Gasteiger charge is -2.32. The Morgan fingerprint density at radius 3 is 1.22 bits per heavy atom. The summed E-state index contributed by atoms with van der Waals surface area (Å²) in [5.74, 6) is 1.86. The minimum Gasteiger partial charge on any atom is -0.367 e. The molecule has 0 heterocycles. The predicted octanol–water partition coefficient (Wildman–Crippen LogP) is 4.19. The van der Waals surface area contributed by atoms with Gasteiger partial charge in [0, 0.05) is 22.7 Å². The van der Waals surface area contributed by atoms with Crippen molar-refractivity contribution in [1.29, 1.82) is 0 Å². The first-order valence-corrected chi connectivity index (χ1v) is 8.52. The van der Waals surface area contributed by atoms with E-state index in [1.807, 2.05) is 0 Å². The molecular weight excluding hydrogens is 284 g/mol. The van der Waals surface area contributed by atoms with Gasteiger partial charge in [0.2, 0.25) is 0 Å². The molecule has 0 aromatic heterocycles. The second-order valence-electron chi connectivity index (χ2n) is 10.4. The van der Waals surface area contributed by atoms with Crippen LogP contribution in [0.5, 0.6) is 0 Å². The fourth-order valence-corrected chi connectivity index (χ4v) is 1.89. The molecule has 0 fully saturated rings. The van der Waals surface area contributed by atoms with E-state index < -0.39 is 0 Å². The molecule has 0 aliphatic rings. The Bertz CT molecular complexity index is 414. The molecule has 0 bridgehead atoms. The normalized spacial score (nSPS) is 14.3. The molecule has 0 saturated carbocycles. The second kappa shape index (κ2) is 7.14. The van der Waals surface area contributed by atoms with Gasteiger partial charge < -0.3 is 16.0 Å². The molecule has 0 aliphatic carbocycles. The molecular formula is C19H40N4. The molecule has 0 atom stereocenters. The molecule has 0 amide bonds. The number of rotatable bonds is 3. The summed E-state index contributed by atoms with van der Waals surface area (Å²) in [4.78, 5) is 4.84. The quantitative estimate of drug-likeness (QED) is 0.539. The maximum Gasteiger partial charge on any atom is 0.125 e. The molecule has 4 heteroatoms. The third-order valence-corrected chi connectivity index (χ3v) is 2.26. The van der Waals surface area contributed by atoms with Crippen LogP contribution in [0.3, 0.4) is 0 Å². The fourth-order valence-electron chi connectivity index (χ4n) is 1.89. The standard InChI is InChI=1S/C19H40N4/c1-16(2,3)20-14(21-17(4,5)6)13-15(22-18(7,8)9)23-19(10,11)12/h13,20-21H,1-12H3,(H,22,23). The highest BCUT2D eigenvalue weighted by molar-refractivity contribution is 5.94. The van der Waals surface area contributed by atoms with E-state index in [-0.39, 0.29) is 22.2 Å². The van der Waals surface area contributed by atoms with Crippen molar-refractivity contribution in [1.82, 2.24) is 16.0 Å². The van der Waals surface area contributed by atoms with Gasteiger partial charge in [0.05, 0.1) is 5.54 Å². The first-order chi connectivity index (χ1) is 9.86. The summed E-state index contributed by atoms with van der Waals surface area (Å²) >= 11 is 0. The summed E-state index contributed by atoms with van der Waals surface area (Å²) in [6.45, 7) is 25.7. The maximum atomic E-state index is 4.84. The smallest absolute Gasteiger partial charge is 0.125 e. The first-order valence-electron chi connectivity index (χ1n) is 8.52. The average Bonchev–Trinajstić information content (AvgIpc) is 2.03. The van der Waals surface area contributed by atoms with E-state index in [4.69, 9.17) is 4.99 Å². The lowest BCUT2D eigenvalue weighted by Crippen LogP contribution is -2.48. The molecule has 0 rings (SSSR count). The van der Waals surface area contributed by atoms with Crippen LogP contribution in [-0.4, -0.2) is 28.0 Å². The predicted molar refractivity (Wildman–Crippen MR) is 104 cm³/mol. The van der Waals surface area contributed by atoms with Crippen LogP contribution >= 0.6 is 0 Å². The van der Waals surface area contributed by atoms with Gasteiger partial charge in [-0.15, -0.1) is 0 Å². The summed E-state index contributed by atoms with van der Waals surface area (Å²) in [5, 5.41) is 10.6. The second-order valence-corrected chi connectivity index (χ2v) is 10.4. The summed E-state index contributed by atoms with van der Waals surface area (Å²) < 4.78 is 0. The number of amidine groups is 1. The zero-order valence-corrected chi connectivity index (χ0v) is 17.5. The number of hydrogen-bond donors (Lipinski definition) is 3. The topological polar surface area (TPSA) is 48.5 Å². The van der Waals surface area contributed by atoms with Gasteiger partial charge in [0.15, 0.2) is 0 Å². The van der Waals surface area contributed by atoms with Crippen molar-refractivity contribution in [2.45, 2.75) is 105 Å². The van der Waals surface area contributed by atoms with Crippen molar-refractivity contribution in [3.05, 3.63) is 11.9 Å². The van der Waals surface area contributed by atoms with E-state index >= 15 is 0 Å². The number of nitrogens with zero attached hydrogens (tertiary/aromatic N) is 1. The molecule has 0 saturated heterocycles. The highest BCUT2D eigenvalue weighted by Crippen LogP contribution is 2.11. The molecule has 4 nitrogen and oxygen atoms in total. The van der Waals surface area contributed by atoms with Gasteiger partial charge in [0.25, 0.3) is 0 Å². The van der Waals surface area contributed by atoms with Crippen molar-refractivity contribution in [3.63, 3.8) is 0 Å². The van der Waals surface area contributed by atoms with E-state index in [0.717, 1.165) is 11.7 Å². The zero-order valence-electron chi connectivity index (χ0n) is 17.5. The Morgan fingerprint density at radius 1 is 0.609 bits per heavy atom. The van der Waals surface area contributed by atoms with E-state index in [0.29, 0.717) is 0 Å². The molecule has 0 aliphatic heterocycles. The molecule has 0 unspecified atom stereocenters. The van der Waals surface area contributed by atoms with Crippen LogP contribution in [0, 0.1) is 0 Å². The molecule has 136 valence electrons. The summed E-state index contributed by atoms with van der Waals surface area (Å²) in [6, 6.07) is 0. The van der Waals surface area contributed by atoms with E-state index in [2.05, 4.69) is 105 Å². The lowest BCUT2D eigenvalue weighted by atomic mass is 10.1. The Hall–Kier alpha value is -1.19. The van der Waals surface area contributed by atoms with Gasteiger partial charge in [-0.1, -0.05) is 0 Å². The molecule has 0 aromatic rings. The van der Waals surface area contributed by atoms with Crippen molar-refractivity contribution < 1.29 is 0 Å². The number of aliphatic imine (C=N–C) groups is 1. The first kappa shape index (κ1) is 21.8. The van der Waals surface area contributed by atoms with Crippen LogP contribution < -0.4 is 16.0 Å². The molecule has 3 N–H and O–H groups in total. The fraction of sp³-hybridized carbons (Fsp3) is 0.842. The summed E-state index contributed by atoms with van der Waals surface area (Å²) in [6.07, 6.45) is 2.08. The molecule has 0 spiro atoms. The monoisotopic (exact) mass is 324 g/mol. The Balaban J connectivity index is 5.75. The molecule has 0 radical (unpaired) electrons. The molecule has 0 aromatic carbocycles. The van der Waals surface area contributed by atoms with Crippen LogP contribution in [-0.2, 0) is 0 Å². The van der Waals surface area contributed by atoms with Gasteiger partial charge in [-0.05, 0) is 83.1 Å². The summed E-state index contributed by atoms with van der Waals surface area (Å²) in [7, 11) is 0. The van der Waals surface area contributed by atoms with Crippen LogP contribution in [0.2, 0.25) is 0 Å². The van der Waals surface area contributed by atoms with Gasteiger partial charge in [0.1, 0.15) is 11.7 Å². The van der Waals surface area contributed by atoms with Crippen molar-refractivity contribution in [3.8, 4) is 0 Å². The van der Waals surface area contributed by atoms with Gasteiger partial charge >= 0.3 is 0 Å². The van der Waals surface area contributed by atoms with Crippen molar-refractivity contribution in [2.24, 2.45) is 4.99 Å². The minimum absolute atomic E-state index is 0.0291. The van der Waals surface area contributed by atoms with Crippen molar-refractivity contribution >= 4 is 5.84 Å². The number of nitrogens with one attached hydrogen (secondary N) is 3.